The van der Waals surface area contributed by atoms with Crippen LogP contribution in [0.25, 0.3) is 0 Å². The Hall–Kier alpha value is -2.49. The molecule has 0 amide bonds. The van der Waals surface area contributed by atoms with Crippen LogP contribution in [-0.2, 0) is 4.79 Å². The van der Waals surface area contributed by atoms with E-state index >= 15 is 0 Å². The molecule has 4 nitrogen and oxygen atoms in total. The molecule has 0 aliphatic heterocycles. The Kier molecular flexibility index (Phi) is 4.51. The van der Waals surface area contributed by atoms with E-state index < -0.39 is 0 Å². The highest BCUT2D eigenvalue weighted by atomic mass is 16.5. The molecule has 1 saturated carbocycles. The number of carbonyl (C=O) groups excluding carboxylic acids is 2. The molecule has 0 bridgehead atoms. The monoisotopic (exact) mass is 309 g/mol. The molecule has 0 atom stereocenters. The number of esters is 1. The molecule has 0 radical (unpaired) electrons. The first-order chi connectivity index (χ1) is 11.2. The molecule has 1 heterocycles. The highest BCUT2D eigenvalue weighted by molar-refractivity contribution is 6.10. The van der Waals surface area contributed by atoms with Crippen molar-refractivity contribution in [3.8, 4) is 5.75 Å². The normalized spacial score (nSPS) is 14.7. The van der Waals surface area contributed by atoms with Gasteiger partial charge in [0.05, 0.1) is 11.5 Å². The SMILES string of the molecule is Cc1cccc(OC(=O)C2CCCC2)c1C(=O)c1ccccn1. The van der Waals surface area contributed by atoms with Gasteiger partial charge in [0.15, 0.2) is 0 Å². The van der Waals surface area contributed by atoms with Gasteiger partial charge in [-0.15, -0.1) is 0 Å². The van der Waals surface area contributed by atoms with Gasteiger partial charge in [0, 0.05) is 6.20 Å². The first-order valence-corrected chi connectivity index (χ1v) is 7.94. The summed E-state index contributed by atoms with van der Waals surface area (Å²) in [5.41, 5.74) is 1.54. The molecule has 0 unspecified atom stereocenters. The van der Waals surface area contributed by atoms with Crippen molar-refractivity contribution in [2.45, 2.75) is 32.6 Å². The van der Waals surface area contributed by atoms with Crippen molar-refractivity contribution in [3.63, 3.8) is 0 Å². The molecule has 0 spiro atoms. The molecule has 1 aromatic carbocycles. The minimum absolute atomic E-state index is 0.0479. The number of rotatable bonds is 4. The molecule has 1 fully saturated rings. The minimum Gasteiger partial charge on any atom is -0.426 e. The summed E-state index contributed by atoms with van der Waals surface area (Å²) in [7, 11) is 0. The first kappa shape index (κ1) is 15.4. The number of aryl methyl sites for hydroxylation is 1. The third kappa shape index (κ3) is 3.31. The van der Waals surface area contributed by atoms with Gasteiger partial charge < -0.3 is 4.74 Å². The van der Waals surface area contributed by atoms with Gasteiger partial charge >= 0.3 is 5.97 Å². The molecule has 23 heavy (non-hydrogen) atoms. The number of ketones is 1. The van der Waals surface area contributed by atoms with Gasteiger partial charge in [-0.3, -0.25) is 14.6 Å². The predicted molar refractivity (Wildman–Crippen MR) is 86.4 cm³/mol. The third-order valence-corrected chi connectivity index (χ3v) is 4.26. The van der Waals surface area contributed by atoms with Crippen molar-refractivity contribution in [3.05, 3.63) is 59.4 Å². The van der Waals surface area contributed by atoms with Crippen molar-refractivity contribution in [2.75, 3.05) is 0 Å². The molecule has 4 heteroatoms. The minimum atomic E-state index is -0.233. The largest absolute Gasteiger partial charge is 0.426 e. The lowest BCUT2D eigenvalue weighted by Crippen LogP contribution is -2.19. The summed E-state index contributed by atoms with van der Waals surface area (Å²) in [6, 6.07) is 10.5. The maximum absolute atomic E-state index is 12.7. The molecule has 2 aromatic rings. The number of pyridine rings is 1. The van der Waals surface area contributed by atoms with Crippen LogP contribution in [-0.4, -0.2) is 16.7 Å². The van der Waals surface area contributed by atoms with Crippen LogP contribution >= 0.6 is 0 Å². The van der Waals surface area contributed by atoms with Crippen LogP contribution < -0.4 is 4.74 Å². The molecule has 118 valence electrons. The number of ether oxygens (including phenoxy) is 1. The van der Waals surface area contributed by atoms with Crippen LogP contribution in [0.1, 0.15) is 47.3 Å². The molecule has 1 aromatic heterocycles. The van der Waals surface area contributed by atoms with Gasteiger partial charge in [-0.2, -0.15) is 0 Å². The van der Waals surface area contributed by atoms with Crippen LogP contribution in [0.4, 0.5) is 0 Å². The van der Waals surface area contributed by atoms with Gasteiger partial charge in [-0.1, -0.05) is 31.0 Å². The molecular weight excluding hydrogens is 290 g/mol. The van der Waals surface area contributed by atoms with E-state index in [0.717, 1.165) is 31.2 Å². The summed E-state index contributed by atoms with van der Waals surface area (Å²) >= 11 is 0. The molecular formula is C19H19NO3. The predicted octanol–water partition coefficient (Wildman–Crippen LogP) is 3.72. The summed E-state index contributed by atoms with van der Waals surface area (Å²) < 4.78 is 5.57. The quantitative estimate of drug-likeness (QED) is 0.491. The van der Waals surface area contributed by atoms with E-state index in [1.54, 1.807) is 36.5 Å². The van der Waals surface area contributed by atoms with Crippen molar-refractivity contribution < 1.29 is 14.3 Å². The number of hydrogen-bond acceptors (Lipinski definition) is 4. The Morgan fingerprint density at radius 1 is 1.09 bits per heavy atom. The Bertz CT molecular complexity index is 719. The first-order valence-electron chi connectivity index (χ1n) is 7.94. The highest BCUT2D eigenvalue weighted by Crippen LogP contribution is 2.29. The van der Waals surface area contributed by atoms with E-state index in [-0.39, 0.29) is 17.7 Å². The molecule has 1 aliphatic rings. The van der Waals surface area contributed by atoms with Crippen LogP contribution in [0, 0.1) is 12.8 Å². The third-order valence-electron chi connectivity index (χ3n) is 4.26. The van der Waals surface area contributed by atoms with Gasteiger partial charge in [-0.25, -0.2) is 0 Å². The van der Waals surface area contributed by atoms with Crippen LogP contribution in [0.15, 0.2) is 42.6 Å². The van der Waals surface area contributed by atoms with Crippen LogP contribution in [0.3, 0.4) is 0 Å². The summed E-state index contributed by atoms with van der Waals surface area (Å²) in [6.07, 6.45) is 5.44. The van der Waals surface area contributed by atoms with Crippen molar-refractivity contribution in [1.82, 2.24) is 4.98 Å². The lowest BCUT2D eigenvalue weighted by molar-refractivity contribution is -0.138. The van der Waals surface area contributed by atoms with E-state index in [2.05, 4.69) is 4.98 Å². The lowest BCUT2D eigenvalue weighted by Gasteiger charge is -2.14. The highest BCUT2D eigenvalue weighted by Gasteiger charge is 2.27. The van der Waals surface area contributed by atoms with E-state index in [4.69, 9.17) is 4.74 Å². The summed E-state index contributed by atoms with van der Waals surface area (Å²) in [6.45, 7) is 1.84. The van der Waals surface area contributed by atoms with Gasteiger partial charge in [0.2, 0.25) is 5.78 Å². The second-order valence-electron chi connectivity index (χ2n) is 5.89. The van der Waals surface area contributed by atoms with Crippen molar-refractivity contribution in [1.29, 1.82) is 0 Å². The number of nitrogens with zero attached hydrogens (tertiary/aromatic N) is 1. The Labute approximate surface area is 135 Å². The number of hydrogen-bond donors (Lipinski definition) is 0. The van der Waals surface area contributed by atoms with Crippen LogP contribution in [0.5, 0.6) is 5.75 Å². The average Bonchev–Trinajstić information content (AvgIpc) is 3.10. The van der Waals surface area contributed by atoms with E-state index in [0.29, 0.717) is 17.0 Å². The molecule has 3 rings (SSSR count). The smallest absolute Gasteiger partial charge is 0.314 e. The van der Waals surface area contributed by atoms with E-state index in [1.165, 1.54) is 0 Å². The van der Waals surface area contributed by atoms with Crippen LogP contribution in [0.2, 0.25) is 0 Å². The van der Waals surface area contributed by atoms with Crippen molar-refractivity contribution >= 4 is 11.8 Å². The molecule has 0 N–H and O–H groups in total. The van der Waals surface area contributed by atoms with Gasteiger partial charge in [0.25, 0.3) is 0 Å². The zero-order valence-corrected chi connectivity index (χ0v) is 13.1. The second-order valence-corrected chi connectivity index (χ2v) is 5.89. The Morgan fingerprint density at radius 3 is 2.57 bits per heavy atom. The summed E-state index contributed by atoms with van der Waals surface area (Å²) in [5.74, 6) is -0.174. The van der Waals surface area contributed by atoms with Crippen molar-refractivity contribution in [2.24, 2.45) is 5.92 Å². The summed E-state index contributed by atoms with van der Waals surface area (Å²) in [4.78, 5) is 29.1. The number of benzene rings is 1. The fourth-order valence-corrected chi connectivity index (χ4v) is 3.00. The van der Waals surface area contributed by atoms with Gasteiger partial charge in [0.1, 0.15) is 11.4 Å². The maximum Gasteiger partial charge on any atom is 0.314 e. The number of carbonyl (C=O) groups is 2. The number of aromatic nitrogens is 1. The molecule has 1 aliphatic carbocycles. The Balaban J connectivity index is 1.91. The lowest BCUT2D eigenvalue weighted by atomic mass is 10.0. The van der Waals surface area contributed by atoms with E-state index in [1.807, 2.05) is 13.0 Å². The fraction of sp³-hybridized carbons (Fsp3) is 0.316. The fourth-order valence-electron chi connectivity index (χ4n) is 3.00. The zero-order chi connectivity index (χ0) is 16.2. The topological polar surface area (TPSA) is 56.3 Å². The Morgan fingerprint density at radius 2 is 1.87 bits per heavy atom. The second kappa shape index (κ2) is 6.73. The standard InChI is InChI=1S/C19H19NO3/c1-13-7-6-11-16(23-19(22)14-8-2-3-9-14)17(13)18(21)15-10-4-5-12-20-15/h4-7,10-12,14H,2-3,8-9H2,1H3. The van der Waals surface area contributed by atoms with Gasteiger partial charge in [-0.05, 0) is 43.5 Å². The summed E-state index contributed by atoms with van der Waals surface area (Å²) in [5, 5.41) is 0. The average molecular weight is 309 g/mol. The van der Waals surface area contributed by atoms with E-state index in [9.17, 15) is 9.59 Å². The molecule has 0 saturated heterocycles. The zero-order valence-electron chi connectivity index (χ0n) is 13.1. The maximum atomic E-state index is 12.7.